The Hall–Kier alpha value is -3.46. The number of rotatable bonds is 1. The fourth-order valence-corrected chi connectivity index (χ4v) is 5.05. The highest BCUT2D eigenvalue weighted by molar-refractivity contribution is 6.11. The number of fused-ring (bicyclic) bond motifs is 6. The molecule has 0 saturated carbocycles. The van der Waals surface area contributed by atoms with E-state index >= 15 is 0 Å². The van der Waals surface area contributed by atoms with Crippen molar-refractivity contribution in [3.8, 4) is 22.4 Å². The van der Waals surface area contributed by atoms with Crippen LogP contribution in [0.15, 0.2) is 59.3 Å². The average molecular weight is 405 g/mol. The van der Waals surface area contributed by atoms with E-state index in [9.17, 15) is 0 Å². The number of aromatic nitrogens is 2. The summed E-state index contributed by atoms with van der Waals surface area (Å²) < 4.78 is 6.55. The number of furan rings is 1. The van der Waals surface area contributed by atoms with Crippen LogP contribution in [0.4, 0.5) is 0 Å². The second kappa shape index (κ2) is 6.04. The smallest absolute Gasteiger partial charge is 0.145 e. The maximum atomic E-state index is 6.55. The second-order valence-electron chi connectivity index (χ2n) is 9.31. The van der Waals surface area contributed by atoms with Crippen molar-refractivity contribution in [3.05, 3.63) is 82.8 Å². The fraction of sp³-hybridized carbons (Fsp3) is 0.214. The van der Waals surface area contributed by atoms with E-state index in [1.807, 2.05) is 18.5 Å². The van der Waals surface area contributed by atoms with Gasteiger partial charge in [-0.05, 0) is 72.9 Å². The maximum Gasteiger partial charge on any atom is 0.145 e. The lowest BCUT2D eigenvalue weighted by atomic mass is 9.85. The van der Waals surface area contributed by atoms with Gasteiger partial charge in [-0.1, -0.05) is 32.0 Å². The van der Waals surface area contributed by atoms with Gasteiger partial charge in [0.15, 0.2) is 0 Å². The predicted octanol–water partition coefficient (Wildman–Crippen LogP) is 7.27. The van der Waals surface area contributed by atoms with Crippen LogP contribution in [0, 0.1) is 20.8 Å². The van der Waals surface area contributed by atoms with E-state index in [2.05, 4.69) is 71.0 Å². The Morgan fingerprint density at radius 1 is 0.806 bits per heavy atom. The Morgan fingerprint density at radius 2 is 1.65 bits per heavy atom. The SMILES string of the molecule is Cc1cnc(-c2c(C)ccc3c2oc2cc4c(cc23)-c2cccnc2C4(C)C)cc1C. The van der Waals surface area contributed by atoms with E-state index in [1.54, 1.807) is 0 Å². The first-order valence-corrected chi connectivity index (χ1v) is 10.8. The third kappa shape index (κ3) is 2.40. The lowest BCUT2D eigenvalue weighted by Crippen LogP contribution is -2.16. The standard InChI is InChI=1S/C28H24N2O/c1-15-8-9-18-21-12-20-19-7-6-10-29-27(19)28(4,5)22(20)13-24(21)31-26(18)25(15)23-11-16(2)17(3)14-30-23/h6-14H,1-5H3. The minimum Gasteiger partial charge on any atom is -0.455 e. The highest BCUT2D eigenvalue weighted by Crippen LogP contribution is 2.50. The Morgan fingerprint density at radius 3 is 2.45 bits per heavy atom. The molecule has 3 nitrogen and oxygen atoms in total. The summed E-state index contributed by atoms with van der Waals surface area (Å²) in [5, 5.41) is 2.28. The zero-order valence-electron chi connectivity index (χ0n) is 18.5. The van der Waals surface area contributed by atoms with Crippen molar-refractivity contribution in [1.29, 1.82) is 0 Å². The Balaban J connectivity index is 1.68. The summed E-state index contributed by atoms with van der Waals surface area (Å²) in [5.41, 5.74) is 12.2. The van der Waals surface area contributed by atoms with Gasteiger partial charge in [-0.15, -0.1) is 0 Å². The van der Waals surface area contributed by atoms with Crippen LogP contribution in [0.25, 0.3) is 44.3 Å². The Labute approximate surface area is 181 Å². The zero-order chi connectivity index (χ0) is 21.5. The zero-order valence-corrected chi connectivity index (χ0v) is 18.5. The molecule has 0 unspecified atom stereocenters. The van der Waals surface area contributed by atoms with Crippen molar-refractivity contribution in [3.63, 3.8) is 0 Å². The van der Waals surface area contributed by atoms with Crippen LogP contribution >= 0.6 is 0 Å². The van der Waals surface area contributed by atoms with Crippen molar-refractivity contribution in [2.24, 2.45) is 0 Å². The summed E-state index contributed by atoms with van der Waals surface area (Å²) in [5.74, 6) is 0. The molecule has 1 aliphatic rings. The molecule has 152 valence electrons. The molecule has 0 N–H and O–H groups in total. The van der Waals surface area contributed by atoms with Gasteiger partial charge in [0.1, 0.15) is 11.2 Å². The number of aryl methyl sites for hydroxylation is 3. The lowest BCUT2D eigenvalue weighted by molar-refractivity contribution is 0.631. The van der Waals surface area contributed by atoms with E-state index in [1.165, 1.54) is 33.4 Å². The van der Waals surface area contributed by atoms with Crippen molar-refractivity contribution >= 4 is 21.9 Å². The van der Waals surface area contributed by atoms with Crippen LogP contribution in [-0.4, -0.2) is 9.97 Å². The molecule has 0 bridgehead atoms. The maximum absolute atomic E-state index is 6.55. The molecule has 0 aliphatic heterocycles. The van der Waals surface area contributed by atoms with E-state index in [0.29, 0.717) is 0 Å². The molecule has 0 fully saturated rings. The molecule has 0 saturated heterocycles. The lowest BCUT2D eigenvalue weighted by Gasteiger charge is -2.19. The second-order valence-corrected chi connectivity index (χ2v) is 9.31. The Kier molecular flexibility index (Phi) is 3.57. The summed E-state index contributed by atoms with van der Waals surface area (Å²) >= 11 is 0. The number of pyridine rings is 2. The largest absolute Gasteiger partial charge is 0.455 e. The monoisotopic (exact) mass is 404 g/mol. The van der Waals surface area contributed by atoms with E-state index in [0.717, 1.165) is 38.9 Å². The molecular weight excluding hydrogens is 380 g/mol. The Bertz CT molecular complexity index is 1540. The van der Waals surface area contributed by atoms with E-state index < -0.39 is 0 Å². The van der Waals surface area contributed by atoms with Crippen molar-refractivity contribution in [1.82, 2.24) is 9.97 Å². The first-order valence-electron chi connectivity index (χ1n) is 10.8. The first-order chi connectivity index (χ1) is 14.9. The molecular formula is C28H24N2O. The summed E-state index contributed by atoms with van der Waals surface area (Å²) in [6.45, 7) is 10.8. The van der Waals surface area contributed by atoms with Crippen molar-refractivity contribution < 1.29 is 4.42 Å². The van der Waals surface area contributed by atoms with Crippen LogP contribution in [-0.2, 0) is 5.41 Å². The molecule has 3 aromatic heterocycles. The molecule has 0 amide bonds. The number of hydrogen-bond donors (Lipinski definition) is 0. The highest BCUT2D eigenvalue weighted by Gasteiger charge is 2.37. The summed E-state index contributed by atoms with van der Waals surface area (Å²) in [7, 11) is 0. The quantitative estimate of drug-likeness (QED) is 0.295. The molecule has 0 spiro atoms. The summed E-state index contributed by atoms with van der Waals surface area (Å²) in [4.78, 5) is 9.44. The van der Waals surface area contributed by atoms with Gasteiger partial charge in [-0.3, -0.25) is 9.97 Å². The van der Waals surface area contributed by atoms with Crippen LogP contribution in [0.3, 0.4) is 0 Å². The predicted molar refractivity (Wildman–Crippen MR) is 127 cm³/mol. The van der Waals surface area contributed by atoms with Crippen LogP contribution in [0.1, 0.15) is 41.8 Å². The van der Waals surface area contributed by atoms with Crippen LogP contribution in [0.2, 0.25) is 0 Å². The van der Waals surface area contributed by atoms with Gasteiger partial charge < -0.3 is 4.42 Å². The molecule has 5 aromatic rings. The molecule has 1 aliphatic carbocycles. The number of nitrogens with zero attached hydrogens (tertiary/aromatic N) is 2. The first kappa shape index (κ1) is 18.3. The van der Waals surface area contributed by atoms with Crippen LogP contribution in [0.5, 0.6) is 0 Å². The van der Waals surface area contributed by atoms with Gasteiger partial charge in [-0.2, -0.15) is 0 Å². The molecule has 2 aromatic carbocycles. The molecule has 6 rings (SSSR count). The normalized spacial score (nSPS) is 14.2. The molecule has 3 heterocycles. The number of benzene rings is 2. The topological polar surface area (TPSA) is 38.9 Å². The van der Waals surface area contributed by atoms with Gasteiger partial charge in [0.25, 0.3) is 0 Å². The van der Waals surface area contributed by atoms with Gasteiger partial charge in [0.2, 0.25) is 0 Å². The third-order valence-electron chi connectivity index (χ3n) is 6.98. The van der Waals surface area contributed by atoms with Gasteiger partial charge in [0, 0.05) is 39.7 Å². The molecule has 0 atom stereocenters. The van der Waals surface area contributed by atoms with E-state index in [-0.39, 0.29) is 5.41 Å². The fourth-order valence-electron chi connectivity index (χ4n) is 5.05. The highest BCUT2D eigenvalue weighted by atomic mass is 16.3. The van der Waals surface area contributed by atoms with Gasteiger partial charge >= 0.3 is 0 Å². The third-order valence-corrected chi connectivity index (χ3v) is 6.98. The van der Waals surface area contributed by atoms with Crippen LogP contribution < -0.4 is 0 Å². The van der Waals surface area contributed by atoms with E-state index in [4.69, 9.17) is 14.4 Å². The van der Waals surface area contributed by atoms with Gasteiger partial charge in [0.05, 0.1) is 11.4 Å². The average Bonchev–Trinajstić information content (AvgIpc) is 3.22. The van der Waals surface area contributed by atoms with Crippen molar-refractivity contribution in [2.75, 3.05) is 0 Å². The summed E-state index contributed by atoms with van der Waals surface area (Å²) in [6.07, 6.45) is 3.84. The minimum atomic E-state index is -0.145. The van der Waals surface area contributed by atoms with Crippen molar-refractivity contribution in [2.45, 2.75) is 40.0 Å². The number of hydrogen-bond acceptors (Lipinski definition) is 3. The minimum absolute atomic E-state index is 0.145. The summed E-state index contributed by atoms with van der Waals surface area (Å²) in [6, 6.07) is 15.2. The molecule has 3 heteroatoms. The molecule has 0 radical (unpaired) electrons. The van der Waals surface area contributed by atoms with Gasteiger partial charge in [-0.25, -0.2) is 0 Å². The molecule has 31 heavy (non-hydrogen) atoms.